The summed E-state index contributed by atoms with van der Waals surface area (Å²) in [6.07, 6.45) is 0.910. The number of nitrogens with zero attached hydrogens (tertiary/aromatic N) is 1. The molecule has 0 aromatic heterocycles. The van der Waals surface area contributed by atoms with E-state index >= 15 is 0 Å². The van der Waals surface area contributed by atoms with Crippen LogP contribution in [-0.2, 0) is 15.4 Å². The van der Waals surface area contributed by atoms with E-state index in [1.54, 1.807) is 12.1 Å². The number of nitrogens with two attached hydrogens (primary N) is 1. The molecule has 0 fully saturated rings. The van der Waals surface area contributed by atoms with Crippen molar-refractivity contribution in [2.45, 2.75) is 37.5 Å². The molecule has 0 radical (unpaired) electrons. The van der Waals surface area contributed by atoms with Gasteiger partial charge in [-0.15, -0.1) is 0 Å². The lowest BCUT2D eigenvalue weighted by atomic mass is 9.86. The Morgan fingerprint density at radius 2 is 1.86 bits per heavy atom. The lowest BCUT2D eigenvalue weighted by Gasteiger charge is -2.23. The van der Waals surface area contributed by atoms with Crippen LogP contribution in [0.2, 0.25) is 0 Å². The van der Waals surface area contributed by atoms with Crippen molar-refractivity contribution in [2.24, 2.45) is 5.14 Å². The molecule has 1 aromatic rings. The minimum atomic E-state index is -3.70. The van der Waals surface area contributed by atoms with Gasteiger partial charge in [0.25, 0.3) is 0 Å². The van der Waals surface area contributed by atoms with Crippen LogP contribution in [0.3, 0.4) is 0 Å². The SMILES string of the molecule is CN(C)CCCOc1ccc(S(N)(=O)=O)cc1C(C)(C)C. The number of hydrogen-bond donors (Lipinski definition) is 1. The van der Waals surface area contributed by atoms with Crippen LogP contribution in [0.1, 0.15) is 32.8 Å². The first-order valence-electron chi connectivity index (χ1n) is 6.96. The Morgan fingerprint density at radius 3 is 2.33 bits per heavy atom. The van der Waals surface area contributed by atoms with Gasteiger partial charge < -0.3 is 9.64 Å². The van der Waals surface area contributed by atoms with E-state index in [0.717, 1.165) is 18.5 Å². The molecule has 1 rings (SSSR count). The number of ether oxygens (including phenoxy) is 1. The van der Waals surface area contributed by atoms with Crippen molar-refractivity contribution in [3.8, 4) is 5.75 Å². The molecule has 0 spiro atoms. The number of benzene rings is 1. The van der Waals surface area contributed by atoms with Crippen LogP contribution in [0.5, 0.6) is 5.75 Å². The highest BCUT2D eigenvalue weighted by Crippen LogP contribution is 2.33. The number of sulfonamides is 1. The van der Waals surface area contributed by atoms with Crippen molar-refractivity contribution in [1.82, 2.24) is 4.90 Å². The largest absolute Gasteiger partial charge is 0.493 e. The molecule has 0 unspecified atom stereocenters. The molecule has 0 amide bonds. The highest BCUT2D eigenvalue weighted by atomic mass is 32.2. The van der Waals surface area contributed by atoms with Crippen LogP contribution in [0, 0.1) is 0 Å². The van der Waals surface area contributed by atoms with Crippen LogP contribution in [0.4, 0.5) is 0 Å². The molecule has 21 heavy (non-hydrogen) atoms. The minimum Gasteiger partial charge on any atom is -0.493 e. The molecule has 0 heterocycles. The van der Waals surface area contributed by atoms with Crippen molar-refractivity contribution in [3.05, 3.63) is 23.8 Å². The summed E-state index contributed by atoms with van der Waals surface area (Å²) in [5, 5.41) is 5.20. The van der Waals surface area contributed by atoms with E-state index in [9.17, 15) is 8.42 Å². The number of rotatable bonds is 6. The van der Waals surface area contributed by atoms with Gasteiger partial charge in [0.1, 0.15) is 5.75 Å². The van der Waals surface area contributed by atoms with Crippen LogP contribution in [0.25, 0.3) is 0 Å². The van der Waals surface area contributed by atoms with E-state index in [-0.39, 0.29) is 10.3 Å². The van der Waals surface area contributed by atoms with Gasteiger partial charge >= 0.3 is 0 Å². The number of primary sulfonamides is 1. The fourth-order valence-corrected chi connectivity index (χ4v) is 2.50. The normalized spacial score (nSPS) is 12.7. The molecule has 6 heteroatoms. The predicted octanol–water partition coefficient (Wildman–Crippen LogP) is 1.96. The molecule has 0 atom stereocenters. The summed E-state index contributed by atoms with van der Waals surface area (Å²) in [6, 6.07) is 4.79. The second kappa shape index (κ2) is 6.77. The number of hydrogen-bond acceptors (Lipinski definition) is 4. The van der Waals surface area contributed by atoms with Crippen molar-refractivity contribution in [1.29, 1.82) is 0 Å². The third kappa shape index (κ3) is 5.65. The maximum atomic E-state index is 11.5. The quantitative estimate of drug-likeness (QED) is 0.815. The van der Waals surface area contributed by atoms with E-state index in [2.05, 4.69) is 4.90 Å². The Bertz CT molecular complexity index is 575. The Morgan fingerprint density at radius 1 is 1.24 bits per heavy atom. The molecule has 0 saturated heterocycles. The van der Waals surface area contributed by atoms with Crippen molar-refractivity contribution < 1.29 is 13.2 Å². The third-order valence-electron chi connectivity index (χ3n) is 3.09. The van der Waals surface area contributed by atoms with Crippen molar-refractivity contribution in [2.75, 3.05) is 27.2 Å². The first-order chi connectivity index (χ1) is 9.51. The average Bonchev–Trinajstić information content (AvgIpc) is 2.32. The molecular formula is C15H26N2O3S. The van der Waals surface area contributed by atoms with Gasteiger partial charge in [0.05, 0.1) is 11.5 Å². The Labute approximate surface area is 128 Å². The van der Waals surface area contributed by atoms with Gasteiger partial charge in [0.15, 0.2) is 0 Å². The van der Waals surface area contributed by atoms with E-state index in [1.807, 2.05) is 34.9 Å². The predicted molar refractivity (Wildman–Crippen MR) is 85.2 cm³/mol. The molecule has 5 nitrogen and oxygen atoms in total. The summed E-state index contributed by atoms with van der Waals surface area (Å²) in [7, 11) is 0.330. The smallest absolute Gasteiger partial charge is 0.238 e. The van der Waals surface area contributed by atoms with Crippen LogP contribution >= 0.6 is 0 Å². The molecule has 0 bridgehead atoms. The van der Waals surface area contributed by atoms with Gasteiger partial charge in [-0.2, -0.15) is 0 Å². The summed E-state index contributed by atoms with van der Waals surface area (Å²) in [6.45, 7) is 7.59. The first kappa shape index (κ1) is 17.9. The van der Waals surface area contributed by atoms with Gasteiger partial charge in [-0.25, -0.2) is 13.6 Å². The first-order valence-corrected chi connectivity index (χ1v) is 8.51. The van der Waals surface area contributed by atoms with Gasteiger partial charge in [0.2, 0.25) is 10.0 Å². The van der Waals surface area contributed by atoms with E-state index in [1.165, 1.54) is 6.07 Å². The van der Waals surface area contributed by atoms with E-state index < -0.39 is 10.0 Å². The van der Waals surface area contributed by atoms with Crippen LogP contribution < -0.4 is 9.88 Å². The molecule has 120 valence electrons. The fourth-order valence-electron chi connectivity index (χ4n) is 1.96. The lowest BCUT2D eigenvalue weighted by Crippen LogP contribution is -2.19. The zero-order valence-electron chi connectivity index (χ0n) is 13.5. The highest BCUT2D eigenvalue weighted by Gasteiger charge is 2.22. The van der Waals surface area contributed by atoms with Gasteiger partial charge in [-0.05, 0) is 44.1 Å². The maximum Gasteiger partial charge on any atom is 0.238 e. The Kier molecular flexibility index (Phi) is 5.78. The molecule has 0 aliphatic rings. The Hall–Kier alpha value is -1.11. The van der Waals surface area contributed by atoms with Crippen LogP contribution in [0.15, 0.2) is 23.1 Å². The molecule has 0 saturated carbocycles. The topological polar surface area (TPSA) is 72.6 Å². The summed E-state index contributed by atoms with van der Waals surface area (Å²) in [4.78, 5) is 2.21. The molecule has 2 N–H and O–H groups in total. The second-order valence-corrected chi connectivity index (χ2v) is 8.02. The summed E-state index contributed by atoms with van der Waals surface area (Å²) in [5.41, 5.74) is 0.622. The van der Waals surface area contributed by atoms with Gasteiger partial charge in [0, 0.05) is 12.1 Å². The fraction of sp³-hybridized carbons (Fsp3) is 0.600. The maximum absolute atomic E-state index is 11.5. The zero-order chi connectivity index (χ0) is 16.3. The minimum absolute atomic E-state index is 0.119. The summed E-state index contributed by atoms with van der Waals surface area (Å²) < 4.78 is 28.8. The van der Waals surface area contributed by atoms with E-state index in [0.29, 0.717) is 12.4 Å². The summed E-state index contributed by atoms with van der Waals surface area (Å²) in [5.74, 6) is 0.716. The van der Waals surface area contributed by atoms with Crippen LogP contribution in [-0.4, -0.2) is 40.6 Å². The van der Waals surface area contributed by atoms with E-state index in [4.69, 9.17) is 9.88 Å². The molecule has 0 aliphatic carbocycles. The Balaban J connectivity index is 2.99. The molecule has 0 aliphatic heterocycles. The standard InChI is InChI=1S/C15H26N2O3S/c1-15(2,3)13-11-12(21(16,18)19)7-8-14(13)20-10-6-9-17(4)5/h7-8,11H,6,9-10H2,1-5H3,(H2,16,18,19). The monoisotopic (exact) mass is 314 g/mol. The van der Waals surface area contributed by atoms with Crippen molar-refractivity contribution >= 4 is 10.0 Å². The zero-order valence-corrected chi connectivity index (χ0v) is 14.3. The molecule has 1 aromatic carbocycles. The third-order valence-corrected chi connectivity index (χ3v) is 4.01. The van der Waals surface area contributed by atoms with Crippen molar-refractivity contribution in [3.63, 3.8) is 0 Å². The summed E-state index contributed by atoms with van der Waals surface area (Å²) >= 11 is 0. The molecular weight excluding hydrogens is 288 g/mol. The lowest BCUT2D eigenvalue weighted by molar-refractivity contribution is 0.276. The second-order valence-electron chi connectivity index (χ2n) is 6.46. The van der Waals surface area contributed by atoms with Gasteiger partial charge in [-0.3, -0.25) is 0 Å². The highest BCUT2D eigenvalue weighted by molar-refractivity contribution is 7.89. The average molecular weight is 314 g/mol. The van der Waals surface area contributed by atoms with Gasteiger partial charge in [-0.1, -0.05) is 20.8 Å².